The Morgan fingerprint density at radius 1 is 1.42 bits per heavy atom. The molecule has 0 aliphatic rings. The molecule has 3 N–H and O–H groups in total. The number of ether oxygens (including phenoxy) is 1. The van der Waals surface area contributed by atoms with E-state index in [-0.39, 0.29) is 5.91 Å². The number of aliphatic hydroxyl groups excluding tert-OH is 2. The maximum atomic E-state index is 10.7. The van der Waals surface area contributed by atoms with E-state index in [1.54, 1.807) is 25.3 Å². The van der Waals surface area contributed by atoms with Crippen LogP contribution >= 0.6 is 0 Å². The summed E-state index contributed by atoms with van der Waals surface area (Å²) in [5.74, 6) is 0.559. The fourth-order valence-electron chi connectivity index (χ4n) is 1.87. The van der Waals surface area contributed by atoms with Gasteiger partial charge in [-0.05, 0) is 36.6 Å². The van der Waals surface area contributed by atoms with E-state index in [2.05, 4.69) is 5.32 Å². The van der Waals surface area contributed by atoms with E-state index in [1.807, 2.05) is 6.92 Å². The number of benzene rings is 1. The summed E-state index contributed by atoms with van der Waals surface area (Å²) in [5, 5.41) is 22.6. The molecule has 0 bridgehead atoms. The molecule has 19 heavy (non-hydrogen) atoms. The molecule has 0 heterocycles. The summed E-state index contributed by atoms with van der Waals surface area (Å²) in [4.78, 5) is 10.7. The standard InChI is InChI=1S/C14H21NO4/c1-9-8-11(19-3)4-5-12(9)14(18)13(17)6-7-15-10(2)16/h4-5,8,13-14,17-18H,6-7H2,1-3H3,(H,15,16). The molecule has 106 valence electrons. The Labute approximate surface area is 113 Å². The minimum Gasteiger partial charge on any atom is -0.497 e. The fourth-order valence-corrected chi connectivity index (χ4v) is 1.87. The highest BCUT2D eigenvalue weighted by atomic mass is 16.5. The van der Waals surface area contributed by atoms with Crippen molar-refractivity contribution in [3.05, 3.63) is 29.3 Å². The normalized spacial score (nSPS) is 13.7. The van der Waals surface area contributed by atoms with Crippen LogP contribution in [0.2, 0.25) is 0 Å². The molecule has 2 atom stereocenters. The van der Waals surface area contributed by atoms with Crippen LogP contribution in [0.25, 0.3) is 0 Å². The molecule has 0 aliphatic carbocycles. The molecule has 5 heteroatoms. The SMILES string of the molecule is COc1ccc(C(O)C(O)CCNC(C)=O)c(C)c1. The number of amides is 1. The molecule has 5 nitrogen and oxygen atoms in total. The lowest BCUT2D eigenvalue weighted by Gasteiger charge is -2.20. The summed E-state index contributed by atoms with van der Waals surface area (Å²) in [7, 11) is 1.58. The van der Waals surface area contributed by atoms with Crippen LogP contribution in [0, 0.1) is 6.92 Å². The van der Waals surface area contributed by atoms with E-state index in [4.69, 9.17) is 4.74 Å². The number of hydrogen-bond acceptors (Lipinski definition) is 4. The lowest BCUT2D eigenvalue weighted by atomic mass is 9.97. The summed E-state index contributed by atoms with van der Waals surface area (Å²) in [6, 6.07) is 5.28. The molecule has 0 aromatic heterocycles. The van der Waals surface area contributed by atoms with E-state index in [9.17, 15) is 15.0 Å². The maximum absolute atomic E-state index is 10.7. The topological polar surface area (TPSA) is 78.8 Å². The Morgan fingerprint density at radius 3 is 2.63 bits per heavy atom. The van der Waals surface area contributed by atoms with Crippen molar-refractivity contribution in [3.8, 4) is 5.75 Å². The van der Waals surface area contributed by atoms with Gasteiger partial charge in [0.05, 0.1) is 13.2 Å². The highest BCUT2D eigenvalue weighted by molar-refractivity contribution is 5.72. The largest absolute Gasteiger partial charge is 0.497 e. The summed E-state index contributed by atoms with van der Waals surface area (Å²) in [6.45, 7) is 3.60. The average molecular weight is 267 g/mol. The second-order valence-corrected chi connectivity index (χ2v) is 4.51. The number of hydrogen-bond donors (Lipinski definition) is 3. The van der Waals surface area contributed by atoms with E-state index in [1.165, 1.54) is 6.92 Å². The van der Waals surface area contributed by atoms with Crippen molar-refractivity contribution in [2.45, 2.75) is 32.5 Å². The smallest absolute Gasteiger partial charge is 0.216 e. The maximum Gasteiger partial charge on any atom is 0.216 e. The van der Waals surface area contributed by atoms with E-state index in [0.29, 0.717) is 24.3 Å². The number of rotatable bonds is 6. The van der Waals surface area contributed by atoms with Crippen molar-refractivity contribution in [1.29, 1.82) is 0 Å². The quantitative estimate of drug-likeness (QED) is 0.716. The third kappa shape index (κ3) is 4.54. The van der Waals surface area contributed by atoms with Gasteiger partial charge in [0.25, 0.3) is 0 Å². The predicted octanol–water partition coefficient (Wildman–Crippen LogP) is 0.924. The molecule has 1 aromatic rings. The molecule has 0 spiro atoms. The van der Waals surface area contributed by atoms with Crippen LogP contribution in [0.1, 0.15) is 30.6 Å². The van der Waals surface area contributed by atoms with Crippen LogP contribution in [-0.4, -0.2) is 35.9 Å². The van der Waals surface area contributed by atoms with Crippen LogP contribution in [-0.2, 0) is 4.79 Å². The van der Waals surface area contributed by atoms with Crippen molar-refractivity contribution in [2.75, 3.05) is 13.7 Å². The molecule has 0 saturated heterocycles. The first-order chi connectivity index (χ1) is 8.95. The third-order valence-corrected chi connectivity index (χ3v) is 2.97. The molecule has 0 aliphatic heterocycles. The first kappa shape index (κ1) is 15.5. The van der Waals surface area contributed by atoms with Crippen LogP contribution in [0.3, 0.4) is 0 Å². The van der Waals surface area contributed by atoms with Gasteiger partial charge in [-0.15, -0.1) is 0 Å². The van der Waals surface area contributed by atoms with Gasteiger partial charge in [0, 0.05) is 13.5 Å². The number of nitrogens with one attached hydrogen (secondary N) is 1. The highest BCUT2D eigenvalue weighted by Gasteiger charge is 2.20. The molecule has 1 rings (SSSR count). The first-order valence-corrected chi connectivity index (χ1v) is 6.20. The number of carbonyl (C=O) groups is 1. The van der Waals surface area contributed by atoms with Crippen LogP contribution in [0.15, 0.2) is 18.2 Å². The van der Waals surface area contributed by atoms with Crippen molar-refractivity contribution in [2.24, 2.45) is 0 Å². The Bertz CT molecular complexity index is 433. The number of aliphatic hydroxyl groups is 2. The minimum atomic E-state index is -0.973. The number of carbonyl (C=O) groups excluding carboxylic acids is 1. The van der Waals surface area contributed by atoms with Gasteiger partial charge >= 0.3 is 0 Å². The van der Waals surface area contributed by atoms with Gasteiger partial charge < -0.3 is 20.3 Å². The second kappa shape index (κ2) is 7.11. The van der Waals surface area contributed by atoms with Gasteiger partial charge in [0.15, 0.2) is 0 Å². The fraction of sp³-hybridized carbons (Fsp3) is 0.500. The summed E-state index contributed by atoms with van der Waals surface area (Å²) in [5.41, 5.74) is 1.52. The molecule has 0 fully saturated rings. The Hall–Kier alpha value is -1.59. The van der Waals surface area contributed by atoms with Crippen molar-refractivity contribution >= 4 is 5.91 Å². The molecule has 0 radical (unpaired) electrons. The van der Waals surface area contributed by atoms with Crippen molar-refractivity contribution in [1.82, 2.24) is 5.32 Å². The second-order valence-electron chi connectivity index (χ2n) is 4.51. The zero-order valence-corrected chi connectivity index (χ0v) is 11.5. The average Bonchev–Trinajstić information content (AvgIpc) is 2.37. The first-order valence-electron chi connectivity index (χ1n) is 6.20. The van der Waals surface area contributed by atoms with E-state index in [0.717, 1.165) is 5.56 Å². The lowest BCUT2D eigenvalue weighted by molar-refractivity contribution is -0.119. The van der Waals surface area contributed by atoms with Gasteiger partial charge in [-0.2, -0.15) is 0 Å². The van der Waals surface area contributed by atoms with Crippen molar-refractivity contribution < 1.29 is 19.7 Å². The van der Waals surface area contributed by atoms with Gasteiger partial charge in [0.1, 0.15) is 11.9 Å². The molecular formula is C14H21NO4. The predicted molar refractivity (Wildman–Crippen MR) is 72.0 cm³/mol. The van der Waals surface area contributed by atoms with Gasteiger partial charge in [-0.25, -0.2) is 0 Å². The van der Waals surface area contributed by atoms with E-state index < -0.39 is 12.2 Å². The summed E-state index contributed by atoms with van der Waals surface area (Å²) < 4.78 is 5.09. The molecule has 1 amide bonds. The van der Waals surface area contributed by atoms with Gasteiger partial charge in [0.2, 0.25) is 5.91 Å². The number of aryl methyl sites for hydroxylation is 1. The Balaban J connectivity index is 2.65. The molecule has 2 unspecified atom stereocenters. The van der Waals surface area contributed by atoms with Crippen LogP contribution in [0.5, 0.6) is 5.75 Å². The molecular weight excluding hydrogens is 246 g/mol. The van der Waals surface area contributed by atoms with E-state index >= 15 is 0 Å². The molecule has 1 aromatic carbocycles. The van der Waals surface area contributed by atoms with Gasteiger partial charge in [-0.1, -0.05) is 6.07 Å². The van der Waals surface area contributed by atoms with Crippen LogP contribution in [0.4, 0.5) is 0 Å². The lowest BCUT2D eigenvalue weighted by Crippen LogP contribution is -2.27. The zero-order chi connectivity index (χ0) is 14.4. The monoisotopic (exact) mass is 267 g/mol. The Morgan fingerprint density at radius 2 is 2.11 bits per heavy atom. The van der Waals surface area contributed by atoms with Crippen LogP contribution < -0.4 is 10.1 Å². The minimum absolute atomic E-state index is 0.151. The van der Waals surface area contributed by atoms with Crippen molar-refractivity contribution in [3.63, 3.8) is 0 Å². The summed E-state index contributed by atoms with van der Waals surface area (Å²) >= 11 is 0. The number of methoxy groups -OCH3 is 1. The Kier molecular flexibility index (Phi) is 5.79. The van der Waals surface area contributed by atoms with Gasteiger partial charge in [-0.3, -0.25) is 4.79 Å². The summed E-state index contributed by atoms with van der Waals surface area (Å²) in [6.07, 6.45) is -1.59. The molecule has 0 saturated carbocycles. The zero-order valence-electron chi connectivity index (χ0n) is 11.5. The third-order valence-electron chi connectivity index (χ3n) is 2.97. The highest BCUT2D eigenvalue weighted by Crippen LogP contribution is 2.25.